The SMILES string of the molecule is C=CCC(N)C1CCOC2(CCOC2)C1. The van der Waals surface area contributed by atoms with Gasteiger partial charge in [-0.3, -0.25) is 0 Å². The molecule has 0 saturated carbocycles. The molecule has 2 saturated heterocycles. The molecule has 0 aliphatic carbocycles. The van der Waals surface area contributed by atoms with Crippen molar-refractivity contribution in [2.45, 2.75) is 37.3 Å². The lowest BCUT2D eigenvalue weighted by Crippen LogP contribution is -2.45. The van der Waals surface area contributed by atoms with Gasteiger partial charge in [0.25, 0.3) is 0 Å². The minimum absolute atomic E-state index is 0.0122. The van der Waals surface area contributed by atoms with Crippen LogP contribution in [0.4, 0.5) is 0 Å². The molecule has 3 nitrogen and oxygen atoms in total. The molecule has 2 aliphatic heterocycles. The van der Waals surface area contributed by atoms with E-state index in [4.69, 9.17) is 15.2 Å². The molecule has 3 atom stereocenters. The zero-order valence-corrected chi connectivity index (χ0v) is 9.28. The molecule has 0 aromatic carbocycles. The Balaban J connectivity index is 1.94. The van der Waals surface area contributed by atoms with E-state index in [1.54, 1.807) is 0 Å². The highest BCUT2D eigenvalue weighted by atomic mass is 16.6. The van der Waals surface area contributed by atoms with Crippen molar-refractivity contribution in [2.75, 3.05) is 19.8 Å². The third-order valence-electron chi connectivity index (χ3n) is 3.64. The highest BCUT2D eigenvalue weighted by Gasteiger charge is 2.42. The molecule has 0 aromatic rings. The minimum atomic E-state index is -0.0122. The van der Waals surface area contributed by atoms with Crippen molar-refractivity contribution in [3.63, 3.8) is 0 Å². The van der Waals surface area contributed by atoms with Crippen LogP contribution in [0.3, 0.4) is 0 Å². The Morgan fingerprint density at radius 2 is 2.40 bits per heavy atom. The molecule has 0 radical (unpaired) electrons. The second-order valence-corrected chi connectivity index (χ2v) is 4.78. The van der Waals surface area contributed by atoms with Crippen LogP contribution in [0, 0.1) is 5.92 Å². The first kappa shape index (κ1) is 11.1. The van der Waals surface area contributed by atoms with Crippen LogP contribution in [-0.4, -0.2) is 31.5 Å². The van der Waals surface area contributed by atoms with Gasteiger partial charge < -0.3 is 15.2 Å². The van der Waals surface area contributed by atoms with Gasteiger partial charge in [-0.25, -0.2) is 0 Å². The zero-order valence-electron chi connectivity index (χ0n) is 9.28. The summed E-state index contributed by atoms with van der Waals surface area (Å²) in [7, 11) is 0. The van der Waals surface area contributed by atoms with Crippen LogP contribution in [0.5, 0.6) is 0 Å². The molecule has 3 unspecified atom stereocenters. The molecule has 0 bridgehead atoms. The summed E-state index contributed by atoms with van der Waals surface area (Å²) in [4.78, 5) is 0. The van der Waals surface area contributed by atoms with Crippen LogP contribution in [0.15, 0.2) is 12.7 Å². The van der Waals surface area contributed by atoms with Crippen LogP contribution in [0.25, 0.3) is 0 Å². The van der Waals surface area contributed by atoms with Gasteiger partial charge in [0.1, 0.15) is 0 Å². The zero-order chi connectivity index (χ0) is 10.7. The van der Waals surface area contributed by atoms with E-state index in [0.29, 0.717) is 5.92 Å². The summed E-state index contributed by atoms with van der Waals surface area (Å²) < 4.78 is 11.3. The largest absolute Gasteiger partial charge is 0.378 e. The summed E-state index contributed by atoms with van der Waals surface area (Å²) in [5.74, 6) is 0.568. The maximum absolute atomic E-state index is 6.14. The van der Waals surface area contributed by atoms with Crippen molar-refractivity contribution < 1.29 is 9.47 Å². The molecule has 2 rings (SSSR count). The van der Waals surface area contributed by atoms with E-state index in [1.165, 1.54) is 0 Å². The predicted molar refractivity (Wildman–Crippen MR) is 59.6 cm³/mol. The molecule has 2 heterocycles. The van der Waals surface area contributed by atoms with Crippen molar-refractivity contribution >= 4 is 0 Å². The molecule has 3 heteroatoms. The Morgan fingerprint density at radius 1 is 1.53 bits per heavy atom. The Hall–Kier alpha value is -0.380. The maximum Gasteiger partial charge on any atom is 0.0939 e. The van der Waals surface area contributed by atoms with Gasteiger partial charge in [-0.05, 0) is 25.2 Å². The van der Waals surface area contributed by atoms with Crippen LogP contribution in [-0.2, 0) is 9.47 Å². The van der Waals surface area contributed by atoms with E-state index in [1.807, 2.05) is 6.08 Å². The van der Waals surface area contributed by atoms with Gasteiger partial charge in [0.05, 0.1) is 12.2 Å². The smallest absolute Gasteiger partial charge is 0.0939 e. The van der Waals surface area contributed by atoms with E-state index < -0.39 is 0 Å². The number of hydrogen-bond acceptors (Lipinski definition) is 3. The van der Waals surface area contributed by atoms with E-state index in [0.717, 1.165) is 45.5 Å². The minimum Gasteiger partial charge on any atom is -0.378 e. The molecule has 15 heavy (non-hydrogen) atoms. The summed E-state index contributed by atoms with van der Waals surface area (Å²) in [6.07, 6.45) is 5.99. The van der Waals surface area contributed by atoms with E-state index in [2.05, 4.69) is 6.58 Å². The number of hydrogen-bond donors (Lipinski definition) is 1. The molecular weight excluding hydrogens is 190 g/mol. The van der Waals surface area contributed by atoms with Crippen molar-refractivity contribution in [1.29, 1.82) is 0 Å². The fraction of sp³-hybridized carbons (Fsp3) is 0.833. The first-order valence-corrected chi connectivity index (χ1v) is 5.84. The lowest BCUT2D eigenvalue weighted by molar-refractivity contribution is -0.101. The van der Waals surface area contributed by atoms with Gasteiger partial charge in [-0.1, -0.05) is 6.08 Å². The maximum atomic E-state index is 6.14. The number of nitrogens with two attached hydrogens (primary N) is 1. The fourth-order valence-corrected chi connectivity index (χ4v) is 2.68. The third kappa shape index (κ3) is 2.41. The standard InChI is InChI=1S/C12H21NO2/c1-2-3-11(13)10-4-6-15-12(8-10)5-7-14-9-12/h2,10-11H,1,3-9,13H2. The van der Waals surface area contributed by atoms with Gasteiger partial charge in [0, 0.05) is 25.7 Å². The first-order chi connectivity index (χ1) is 7.26. The molecule has 86 valence electrons. The highest BCUT2D eigenvalue weighted by Crippen LogP contribution is 2.37. The first-order valence-electron chi connectivity index (χ1n) is 5.84. The fourth-order valence-electron chi connectivity index (χ4n) is 2.68. The normalized spacial score (nSPS) is 38.1. The van der Waals surface area contributed by atoms with Crippen LogP contribution in [0.2, 0.25) is 0 Å². The van der Waals surface area contributed by atoms with Gasteiger partial charge in [-0.2, -0.15) is 0 Å². The molecule has 2 N–H and O–H groups in total. The van der Waals surface area contributed by atoms with E-state index in [9.17, 15) is 0 Å². The molecule has 2 fully saturated rings. The molecule has 2 aliphatic rings. The summed E-state index contributed by atoms with van der Waals surface area (Å²) in [6.45, 7) is 6.17. The molecule has 0 amide bonds. The predicted octanol–water partition coefficient (Wildman–Crippen LogP) is 1.48. The summed E-state index contributed by atoms with van der Waals surface area (Å²) in [6, 6.07) is 0.240. The van der Waals surface area contributed by atoms with Gasteiger partial charge in [0.2, 0.25) is 0 Å². The Bertz CT molecular complexity index is 224. The van der Waals surface area contributed by atoms with Crippen molar-refractivity contribution in [3.05, 3.63) is 12.7 Å². The topological polar surface area (TPSA) is 44.5 Å². The van der Waals surface area contributed by atoms with Crippen LogP contribution < -0.4 is 5.73 Å². The second-order valence-electron chi connectivity index (χ2n) is 4.78. The molecule has 1 spiro atoms. The Labute approximate surface area is 91.6 Å². The number of ether oxygens (including phenoxy) is 2. The van der Waals surface area contributed by atoms with Gasteiger partial charge in [-0.15, -0.1) is 6.58 Å². The van der Waals surface area contributed by atoms with E-state index >= 15 is 0 Å². The van der Waals surface area contributed by atoms with Crippen molar-refractivity contribution in [3.8, 4) is 0 Å². The van der Waals surface area contributed by atoms with E-state index in [-0.39, 0.29) is 11.6 Å². The summed E-state index contributed by atoms with van der Waals surface area (Å²) in [5, 5.41) is 0. The second kappa shape index (κ2) is 4.64. The van der Waals surface area contributed by atoms with Crippen LogP contribution in [0.1, 0.15) is 25.7 Å². The Morgan fingerprint density at radius 3 is 3.07 bits per heavy atom. The average molecular weight is 211 g/mol. The average Bonchev–Trinajstić information content (AvgIpc) is 2.67. The quantitative estimate of drug-likeness (QED) is 0.719. The van der Waals surface area contributed by atoms with Gasteiger partial charge in [0.15, 0.2) is 0 Å². The summed E-state index contributed by atoms with van der Waals surface area (Å²) in [5.41, 5.74) is 6.13. The Kier molecular flexibility index (Phi) is 3.44. The molecule has 0 aromatic heterocycles. The summed E-state index contributed by atoms with van der Waals surface area (Å²) >= 11 is 0. The van der Waals surface area contributed by atoms with Crippen molar-refractivity contribution in [1.82, 2.24) is 0 Å². The lowest BCUT2D eigenvalue weighted by Gasteiger charge is -2.39. The lowest BCUT2D eigenvalue weighted by atomic mass is 9.80. The van der Waals surface area contributed by atoms with Crippen LogP contribution >= 0.6 is 0 Å². The third-order valence-corrected chi connectivity index (χ3v) is 3.64. The van der Waals surface area contributed by atoms with Crippen molar-refractivity contribution in [2.24, 2.45) is 11.7 Å². The number of rotatable bonds is 3. The monoisotopic (exact) mass is 211 g/mol. The van der Waals surface area contributed by atoms with Gasteiger partial charge >= 0.3 is 0 Å². The molecular formula is C12H21NO2. The highest BCUT2D eigenvalue weighted by molar-refractivity contribution is 4.94.